The Balaban J connectivity index is 1.70. The Bertz CT molecular complexity index is 378. The highest BCUT2D eigenvalue weighted by molar-refractivity contribution is 5.42. The van der Waals surface area contributed by atoms with Crippen molar-refractivity contribution in [1.29, 1.82) is 0 Å². The molecule has 3 heteroatoms. The first kappa shape index (κ1) is 11.1. The molecule has 1 atom stereocenters. The maximum atomic E-state index is 5.74. The fourth-order valence-electron chi connectivity index (χ4n) is 2.70. The van der Waals surface area contributed by atoms with Gasteiger partial charge in [-0.25, -0.2) is 0 Å². The maximum Gasteiger partial charge on any atom is 0.129 e. The standard InChI is InChI=1S/C14H20N2O/c15-13-6-4-12(5-7-13)14(11-17-14)10-16-8-2-1-3-9-16/h4-7H,1-3,8-11,15H2. The minimum atomic E-state index is -0.0367. The lowest BCUT2D eigenvalue weighted by Crippen LogP contribution is -2.37. The molecule has 0 spiro atoms. The Kier molecular flexibility index (Phi) is 2.81. The molecule has 2 fully saturated rings. The smallest absolute Gasteiger partial charge is 0.129 e. The van der Waals surface area contributed by atoms with E-state index in [0.717, 1.165) is 18.8 Å². The molecule has 2 N–H and O–H groups in total. The van der Waals surface area contributed by atoms with Crippen molar-refractivity contribution >= 4 is 5.69 Å². The molecule has 92 valence electrons. The summed E-state index contributed by atoms with van der Waals surface area (Å²) < 4.78 is 5.74. The number of hydrogen-bond acceptors (Lipinski definition) is 3. The molecule has 2 saturated heterocycles. The predicted octanol–water partition coefficient (Wildman–Crippen LogP) is 1.98. The van der Waals surface area contributed by atoms with E-state index in [0.29, 0.717) is 0 Å². The Morgan fingerprint density at radius 3 is 2.35 bits per heavy atom. The lowest BCUT2D eigenvalue weighted by Gasteiger charge is -2.29. The maximum absolute atomic E-state index is 5.74. The third kappa shape index (κ3) is 2.31. The zero-order valence-corrected chi connectivity index (χ0v) is 10.2. The Labute approximate surface area is 103 Å². The summed E-state index contributed by atoms with van der Waals surface area (Å²) in [6.07, 6.45) is 4.04. The van der Waals surface area contributed by atoms with E-state index in [1.165, 1.54) is 37.9 Å². The molecule has 0 amide bonds. The van der Waals surface area contributed by atoms with Crippen molar-refractivity contribution in [2.24, 2.45) is 0 Å². The molecule has 1 aromatic rings. The third-order valence-electron chi connectivity index (χ3n) is 3.86. The van der Waals surface area contributed by atoms with E-state index < -0.39 is 0 Å². The highest BCUT2D eigenvalue weighted by Crippen LogP contribution is 2.40. The highest BCUT2D eigenvalue weighted by Gasteiger charge is 2.47. The second-order valence-corrected chi connectivity index (χ2v) is 5.24. The number of nitrogens with two attached hydrogens (primary N) is 1. The van der Waals surface area contributed by atoms with Crippen LogP contribution in [0, 0.1) is 0 Å². The molecule has 2 heterocycles. The van der Waals surface area contributed by atoms with Gasteiger partial charge in [0.15, 0.2) is 0 Å². The number of likely N-dealkylation sites (tertiary alicyclic amines) is 1. The van der Waals surface area contributed by atoms with E-state index in [1.54, 1.807) is 0 Å². The van der Waals surface area contributed by atoms with Gasteiger partial charge in [0.25, 0.3) is 0 Å². The van der Waals surface area contributed by atoms with E-state index in [4.69, 9.17) is 10.5 Å². The van der Waals surface area contributed by atoms with Crippen molar-refractivity contribution < 1.29 is 4.74 Å². The van der Waals surface area contributed by atoms with Crippen LogP contribution in [0.5, 0.6) is 0 Å². The van der Waals surface area contributed by atoms with Crippen LogP contribution in [0.25, 0.3) is 0 Å². The number of ether oxygens (including phenoxy) is 1. The van der Waals surface area contributed by atoms with Gasteiger partial charge in [0.05, 0.1) is 6.61 Å². The van der Waals surface area contributed by atoms with Gasteiger partial charge in [0, 0.05) is 12.2 Å². The number of hydrogen-bond donors (Lipinski definition) is 1. The lowest BCUT2D eigenvalue weighted by molar-refractivity contribution is 0.162. The van der Waals surface area contributed by atoms with Gasteiger partial charge in [0.1, 0.15) is 5.60 Å². The van der Waals surface area contributed by atoms with Crippen molar-refractivity contribution in [3.63, 3.8) is 0 Å². The van der Waals surface area contributed by atoms with Gasteiger partial charge in [-0.05, 0) is 43.6 Å². The molecule has 17 heavy (non-hydrogen) atoms. The average molecular weight is 232 g/mol. The minimum absolute atomic E-state index is 0.0367. The number of benzene rings is 1. The Hall–Kier alpha value is -1.06. The Morgan fingerprint density at radius 2 is 1.76 bits per heavy atom. The van der Waals surface area contributed by atoms with Crippen molar-refractivity contribution in [2.45, 2.75) is 24.9 Å². The van der Waals surface area contributed by atoms with E-state index >= 15 is 0 Å². The fourth-order valence-corrected chi connectivity index (χ4v) is 2.70. The first-order valence-electron chi connectivity index (χ1n) is 6.51. The van der Waals surface area contributed by atoms with Crippen molar-refractivity contribution in [2.75, 3.05) is 32.0 Å². The monoisotopic (exact) mass is 232 g/mol. The van der Waals surface area contributed by atoms with Gasteiger partial charge >= 0.3 is 0 Å². The first-order chi connectivity index (χ1) is 8.28. The predicted molar refractivity (Wildman–Crippen MR) is 68.8 cm³/mol. The zero-order valence-electron chi connectivity index (χ0n) is 10.2. The van der Waals surface area contributed by atoms with Gasteiger partial charge in [-0.1, -0.05) is 18.6 Å². The summed E-state index contributed by atoms with van der Waals surface area (Å²) in [4.78, 5) is 2.53. The first-order valence-corrected chi connectivity index (χ1v) is 6.51. The van der Waals surface area contributed by atoms with Crippen LogP contribution in [0.4, 0.5) is 5.69 Å². The minimum Gasteiger partial charge on any atom is -0.399 e. The average Bonchev–Trinajstić information content (AvgIpc) is 3.12. The summed E-state index contributed by atoms with van der Waals surface area (Å²) in [6.45, 7) is 4.34. The molecule has 0 aromatic heterocycles. The molecule has 3 nitrogen and oxygen atoms in total. The molecular formula is C14H20N2O. The molecule has 2 aliphatic heterocycles. The summed E-state index contributed by atoms with van der Waals surface area (Å²) in [5, 5.41) is 0. The quantitative estimate of drug-likeness (QED) is 0.640. The molecule has 1 aromatic carbocycles. The van der Waals surface area contributed by atoms with Crippen LogP contribution in [0.1, 0.15) is 24.8 Å². The number of anilines is 1. The molecule has 0 aliphatic carbocycles. The molecule has 2 aliphatic rings. The summed E-state index contributed by atoms with van der Waals surface area (Å²) in [5.74, 6) is 0. The summed E-state index contributed by atoms with van der Waals surface area (Å²) in [7, 11) is 0. The number of nitrogen functional groups attached to an aromatic ring is 1. The van der Waals surface area contributed by atoms with Crippen LogP contribution in [-0.4, -0.2) is 31.1 Å². The summed E-state index contributed by atoms with van der Waals surface area (Å²) in [6, 6.07) is 8.14. The van der Waals surface area contributed by atoms with Gasteiger partial charge in [-0.15, -0.1) is 0 Å². The summed E-state index contributed by atoms with van der Waals surface area (Å²) in [5.41, 5.74) is 7.78. The number of epoxide rings is 1. The van der Waals surface area contributed by atoms with Crippen LogP contribution >= 0.6 is 0 Å². The van der Waals surface area contributed by atoms with Crippen molar-refractivity contribution in [3.05, 3.63) is 29.8 Å². The van der Waals surface area contributed by atoms with Gasteiger partial charge in [-0.2, -0.15) is 0 Å². The van der Waals surface area contributed by atoms with Crippen LogP contribution in [0.2, 0.25) is 0 Å². The molecular weight excluding hydrogens is 212 g/mol. The number of piperidine rings is 1. The van der Waals surface area contributed by atoms with Gasteiger partial charge in [-0.3, -0.25) is 0 Å². The van der Waals surface area contributed by atoms with Gasteiger partial charge < -0.3 is 15.4 Å². The van der Waals surface area contributed by atoms with Crippen LogP contribution in [0.15, 0.2) is 24.3 Å². The largest absolute Gasteiger partial charge is 0.399 e. The van der Waals surface area contributed by atoms with E-state index in [2.05, 4.69) is 17.0 Å². The van der Waals surface area contributed by atoms with E-state index in [1.807, 2.05) is 12.1 Å². The van der Waals surface area contributed by atoms with Crippen molar-refractivity contribution in [1.82, 2.24) is 4.90 Å². The SMILES string of the molecule is Nc1ccc(C2(CN3CCCCC3)CO2)cc1. The van der Waals surface area contributed by atoms with E-state index in [-0.39, 0.29) is 5.60 Å². The van der Waals surface area contributed by atoms with Gasteiger partial charge in [0.2, 0.25) is 0 Å². The topological polar surface area (TPSA) is 41.8 Å². The summed E-state index contributed by atoms with van der Waals surface area (Å²) >= 11 is 0. The molecule has 0 saturated carbocycles. The van der Waals surface area contributed by atoms with Crippen LogP contribution in [-0.2, 0) is 10.3 Å². The van der Waals surface area contributed by atoms with E-state index in [9.17, 15) is 0 Å². The normalized spacial score (nSPS) is 29.2. The lowest BCUT2D eigenvalue weighted by atomic mass is 9.98. The molecule has 1 unspecified atom stereocenters. The van der Waals surface area contributed by atoms with Crippen LogP contribution < -0.4 is 5.73 Å². The number of nitrogens with zero attached hydrogens (tertiary/aromatic N) is 1. The van der Waals surface area contributed by atoms with Crippen LogP contribution in [0.3, 0.4) is 0 Å². The highest BCUT2D eigenvalue weighted by atomic mass is 16.6. The number of rotatable bonds is 3. The zero-order chi connectivity index (χ0) is 11.7. The third-order valence-corrected chi connectivity index (χ3v) is 3.86. The second kappa shape index (κ2) is 4.31. The fraction of sp³-hybridized carbons (Fsp3) is 0.571. The molecule has 0 radical (unpaired) electrons. The molecule has 3 rings (SSSR count). The van der Waals surface area contributed by atoms with Crippen molar-refractivity contribution in [3.8, 4) is 0 Å². The molecule has 0 bridgehead atoms. The second-order valence-electron chi connectivity index (χ2n) is 5.24. The Morgan fingerprint density at radius 1 is 1.12 bits per heavy atom.